The predicted octanol–water partition coefficient (Wildman–Crippen LogP) is 5.57. The normalized spacial score (nSPS) is 29.5. The number of aromatic nitrogens is 1. The summed E-state index contributed by atoms with van der Waals surface area (Å²) in [6.07, 6.45) is 4.59. The fraction of sp³-hybridized carbons (Fsp3) is 0.457. The van der Waals surface area contributed by atoms with Gasteiger partial charge in [0.1, 0.15) is 0 Å². The molecule has 3 aromatic rings. The Balaban J connectivity index is 1.38. The Morgan fingerprint density at radius 1 is 0.857 bits per heavy atom. The molecule has 2 aliphatic heterocycles. The first kappa shape index (κ1) is 29.9. The third-order valence-corrected chi connectivity index (χ3v) is 10.6. The molecule has 7 nitrogen and oxygen atoms in total. The van der Waals surface area contributed by atoms with E-state index in [4.69, 9.17) is 0 Å². The minimum atomic E-state index is -1.35. The molecule has 5 rings (SSSR count). The van der Waals surface area contributed by atoms with Gasteiger partial charge in [-0.1, -0.05) is 66.7 Å². The smallest absolute Gasteiger partial charge is 0.311 e. The van der Waals surface area contributed by atoms with E-state index in [1.165, 1.54) is 11.1 Å². The summed E-state index contributed by atoms with van der Waals surface area (Å²) in [4.78, 5) is 33.1. The summed E-state index contributed by atoms with van der Waals surface area (Å²) in [6.45, 7) is 7.97. The summed E-state index contributed by atoms with van der Waals surface area (Å²) in [5, 5.41) is 24.7. The monoisotopic (exact) mass is 569 g/mol. The van der Waals surface area contributed by atoms with Gasteiger partial charge in [0.15, 0.2) is 0 Å². The zero-order valence-corrected chi connectivity index (χ0v) is 24.9. The fourth-order valence-corrected chi connectivity index (χ4v) is 7.95. The van der Waals surface area contributed by atoms with Crippen molar-refractivity contribution >= 4 is 11.9 Å². The van der Waals surface area contributed by atoms with Gasteiger partial charge in [0.2, 0.25) is 0 Å². The standard InChI is InChI=1S/C35H43N3O4/c1-25-33(3,31(39)40)30(29-17-10-11-21-36-29)35(32(41)42,26(2)37-25)18-12-22-38-23-19-34(20-24-38,27-13-6-4-7-14-27)28-15-8-5-9-16-28/h4-11,13-17,21,25-26,30,37H,12,18-20,22-24H2,1-3H3,(H,39,40)(H,41,42). The average Bonchev–Trinajstić information content (AvgIpc) is 3.01. The fourth-order valence-electron chi connectivity index (χ4n) is 7.95. The quantitative estimate of drug-likeness (QED) is 0.310. The maximum Gasteiger partial charge on any atom is 0.311 e. The first-order chi connectivity index (χ1) is 20.2. The molecule has 5 unspecified atom stereocenters. The Labute approximate surface area is 249 Å². The van der Waals surface area contributed by atoms with Crippen LogP contribution in [0.5, 0.6) is 0 Å². The Morgan fingerprint density at radius 2 is 1.43 bits per heavy atom. The van der Waals surface area contributed by atoms with Gasteiger partial charge in [-0.25, -0.2) is 0 Å². The average molecular weight is 570 g/mol. The van der Waals surface area contributed by atoms with Crippen LogP contribution in [0.1, 0.15) is 69.2 Å². The minimum absolute atomic E-state index is 0.0490. The molecule has 3 N–H and O–H groups in total. The SMILES string of the molecule is CC1NC(C)C(CCCN2CCC(c3ccccc3)(c3ccccc3)CC2)(C(=O)O)C(c2ccccn2)C1(C)C(=O)O. The number of rotatable bonds is 9. The van der Waals surface area contributed by atoms with Crippen LogP contribution in [-0.4, -0.2) is 63.8 Å². The van der Waals surface area contributed by atoms with Gasteiger partial charge < -0.3 is 20.4 Å². The van der Waals surface area contributed by atoms with Crippen molar-refractivity contribution in [2.45, 2.75) is 69.9 Å². The third kappa shape index (κ3) is 5.03. The molecule has 0 amide bonds. The molecule has 0 saturated carbocycles. The number of carboxylic acid groups (broad SMARTS) is 2. The van der Waals surface area contributed by atoms with E-state index in [2.05, 4.69) is 75.9 Å². The van der Waals surface area contributed by atoms with Crippen molar-refractivity contribution in [3.63, 3.8) is 0 Å². The highest BCUT2D eigenvalue weighted by atomic mass is 16.4. The van der Waals surface area contributed by atoms with Crippen LogP contribution in [0.2, 0.25) is 0 Å². The highest BCUT2D eigenvalue weighted by molar-refractivity contribution is 5.83. The number of likely N-dealkylation sites (tertiary alicyclic amines) is 1. The molecule has 0 aliphatic carbocycles. The van der Waals surface area contributed by atoms with Crippen LogP contribution in [0.15, 0.2) is 85.1 Å². The number of carboxylic acids is 2. The van der Waals surface area contributed by atoms with Gasteiger partial charge in [0, 0.05) is 35.3 Å². The molecule has 5 atom stereocenters. The zero-order valence-electron chi connectivity index (χ0n) is 24.9. The summed E-state index contributed by atoms with van der Waals surface area (Å²) in [5.41, 5.74) is 0.466. The van der Waals surface area contributed by atoms with Gasteiger partial charge in [-0.3, -0.25) is 14.6 Å². The van der Waals surface area contributed by atoms with Crippen molar-refractivity contribution < 1.29 is 19.8 Å². The second-order valence-corrected chi connectivity index (χ2v) is 12.5. The van der Waals surface area contributed by atoms with Crippen LogP contribution >= 0.6 is 0 Å². The van der Waals surface area contributed by atoms with Crippen LogP contribution in [0, 0.1) is 10.8 Å². The number of nitrogens with zero attached hydrogens (tertiary/aromatic N) is 2. The summed E-state index contributed by atoms with van der Waals surface area (Å²) in [5.74, 6) is -2.77. The molecule has 0 bridgehead atoms. The van der Waals surface area contributed by atoms with Gasteiger partial charge in [0.05, 0.1) is 10.8 Å². The van der Waals surface area contributed by atoms with Crippen LogP contribution in [0.4, 0.5) is 0 Å². The van der Waals surface area contributed by atoms with Gasteiger partial charge in [-0.2, -0.15) is 0 Å². The van der Waals surface area contributed by atoms with Crippen molar-refractivity contribution in [2.75, 3.05) is 19.6 Å². The largest absolute Gasteiger partial charge is 0.481 e. The molecule has 3 heterocycles. The predicted molar refractivity (Wildman–Crippen MR) is 163 cm³/mol. The Morgan fingerprint density at radius 3 is 1.93 bits per heavy atom. The van der Waals surface area contributed by atoms with E-state index in [1.54, 1.807) is 25.3 Å². The summed E-state index contributed by atoms with van der Waals surface area (Å²) in [7, 11) is 0. The summed E-state index contributed by atoms with van der Waals surface area (Å²) in [6, 6.07) is 26.0. The van der Waals surface area contributed by atoms with Gasteiger partial charge in [0.25, 0.3) is 0 Å². The topological polar surface area (TPSA) is 103 Å². The van der Waals surface area contributed by atoms with Gasteiger partial charge in [-0.15, -0.1) is 0 Å². The lowest BCUT2D eigenvalue weighted by Crippen LogP contribution is -2.69. The first-order valence-corrected chi connectivity index (χ1v) is 15.1. The van der Waals surface area contributed by atoms with Crippen molar-refractivity contribution in [1.82, 2.24) is 15.2 Å². The number of benzene rings is 2. The molecule has 222 valence electrons. The van der Waals surface area contributed by atoms with E-state index >= 15 is 0 Å². The maximum atomic E-state index is 13.3. The second-order valence-electron chi connectivity index (χ2n) is 12.5. The zero-order chi connectivity index (χ0) is 30.0. The number of hydrogen-bond donors (Lipinski definition) is 3. The number of aliphatic carboxylic acids is 2. The van der Waals surface area contributed by atoms with Crippen LogP contribution in [-0.2, 0) is 15.0 Å². The van der Waals surface area contributed by atoms with E-state index < -0.39 is 40.8 Å². The molecule has 7 heteroatoms. The number of carbonyl (C=O) groups is 2. The Kier molecular flexibility index (Phi) is 8.53. The van der Waals surface area contributed by atoms with Crippen LogP contribution in [0.25, 0.3) is 0 Å². The van der Waals surface area contributed by atoms with E-state index in [0.717, 1.165) is 32.5 Å². The molecular formula is C35H43N3O4. The number of nitrogens with one attached hydrogen (secondary N) is 1. The van der Waals surface area contributed by atoms with Crippen LogP contribution in [0.3, 0.4) is 0 Å². The molecule has 2 aromatic carbocycles. The molecule has 2 aliphatic rings. The van der Waals surface area contributed by atoms with Crippen molar-refractivity contribution in [1.29, 1.82) is 0 Å². The van der Waals surface area contributed by atoms with E-state index in [0.29, 0.717) is 18.5 Å². The highest BCUT2D eigenvalue weighted by Crippen LogP contribution is 2.57. The molecule has 1 aromatic heterocycles. The number of piperidine rings is 2. The maximum absolute atomic E-state index is 13.3. The Hall–Kier alpha value is -3.55. The molecule has 2 fully saturated rings. The van der Waals surface area contributed by atoms with E-state index in [9.17, 15) is 19.8 Å². The van der Waals surface area contributed by atoms with Crippen molar-refractivity contribution in [2.24, 2.45) is 10.8 Å². The molecule has 0 radical (unpaired) electrons. The molecule has 0 spiro atoms. The lowest BCUT2D eigenvalue weighted by atomic mass is 9.52. The van der Waals surface area contributed by atoms with Gasteiger partial charge in [-0.05, 0) is 89.3 Å². The lowest BCUT2D eigenvalue weighted by molar-refractivity contribution is -0.171. The number of hydrogen-bond acceptors (Lipinski definition) is 5. The third-order valence-electron chi connectivity index (χ3n) is 10.6. The van der Waals surface area contributed by atoms with E-state index in [1.807, 2.05) is 19.9 Å². The van der Waals surface area contributed by atoms with E-state index in [-0.39, 0.29) is 5.41 Å². The molecule has 42 heavy (non-hydrogen) atoms. The number of pyridine rings is 1. The first-order valence-electron chi connectivity index (χ1n) is 15.1. The van der Waals surface area contributed by atoms with Crippen molar-refractivity contribution in [3.8, 4) is 0 Å². The Bertz CT molecular complexity index is 1320. The lowest BCUT2D eigenvalue weighted by Gasteiger charge is -2.56. The minimum Gasteiger partial charge on any atom is -0.481 e. The second kappa shape index (κ2) is 12.0. The summed E-state index contributed by atoms with van der Waals surface area (Å²) >= 11 is 0. The van der Waals surface area contributed by atoms with Crippen molar-refractivity contribution in [3.05, 3.63) is 102 Å². The van der Waals surface area contributed by atoms with Gasteiger partial charge >= 0.3 is 11.9 Å². The highest BCUT2D eigenvalue weighted by Gasteiger charge is 2.65. The summed E-state index contributed by atoms with van der Waals surface area (Å²) < 4.78 is 0. The molecule has 2 saturated heterocycles. The molecular weight excluding hydrogens is 526 g/mol. The van der Waals surface area contributed by atoms with Crippen LogP contribution < -0.4 is 5.32 Å².